The number of likely N-dealkylation sites (N-methyl/N-ethyl adjacent to an activating group) is 1. The smallest absolute Gasteiger partial charge is 0.324 e. The largest absolute Gasteiger partial charge is 0.381 e. The molecule has 12 nitrogen and oxygen atoms in total. The van der Waals surface area contributed by atoms with Gasteiger partial charge in [-0.2, -0.15) is 0 Å². The summed E-state index contributed by atoms with van der Waals surface area (Å²) in [5.41, 5.74) is 3.18. The monoisotopic (exact) mass is 559 g/mol. The van der Waals surface area contributed by atoms with Crippen molar-refractivity contribution < 1.29 is 14.7 Å². The molecule has 3 aromatic rings. The number of amides is 3. The van der Waals surface area contributed by atoms with Gasteiger partial charge in [0.2, 0.25) is 5.95 Å². The highest BCUT2D eigenvalue weighted by Crippen LogP contribution is 2.38. The zero-order chi connectivity index (χ0) is 28.9. The zero-order valence-corrected chi connectivity index (χ0v) is 24.1. The molecule has 0 bridgehead atoms. The molecule has 0 unspecified atom stereocenters. The number of urea groups is 1. The topological polar surface area (TPSA) is 122 Å². The summed E-state index contributed by atoms with van der Waals surface area (Å²) in [4.78, 5) is 54.9. The lowest BCUT2D eigenvalue weighted by atomic mass is 9.98. The number of fused-ring (bicyclic) bond motifs is 3. The molecule has 6 rings (SSSR count). The number of anilines is 2. The molecular weight excluding hydrogens is 522 g/mol. The normalized spacial score (nSPS) is 19.2. The van der Waals surface area contributed by atoms with E-state index in [4.69, 9.17) is 4.98 Å². The standard InChI is InChI=1S/C29H37N9O3/c1-29(2,41)26(39)36-9-7-21(8-10-36)38-25-20(18-35(4)28(38)40)17-30-23-6-5-22(33-24(23)25)19-15-31-27(32-16-19)37-13-11-34(3)12-14-37/h5-6,15-17,21,41H,7-14,18H2,1-4H3. The summed E-state index contributed by atoms with van der Waals surface area (Å²) in [5.74, 6) is 0.427. The lowest BCUT2D eigenvalue weighted by molar-refractivity contribution is -0.148. The number of aromatic nitrogens is 4. The van der Waals surface area contributed by atoms with Gasteiger partial charge in [-0.15, -0.1) is 0 Å². The first kappa shape index (κ1) is 27.3. The summed E-state index contributed by atoms with van der Waals surface area (Å²) in [6.07, 6.45) is 6.65. The average Bonchev–Trinajstić information content (AvgIpc) is 2.97. The van der Waals surface area contributed by atoms with E-state index in [-0.39, 0.29) is 18.0 Å². The van der Waals surface area contributed by atoms with E-state index in [2.05, 4.69) is 31.8 Å². The summed E-state index contributed by atoms with van der Waals surface area (Å²) in [6.45, 7) is 8.14. The molecule has 0 spiro atoms. The van der Waals surface area contributed by atoms with Gasteiger partial charge in [-0.05, 0) is 45.9 Å². The molecule has 2 fully saturated rings. The van der Waals surface area contributed by atoms with Gasteiger partial charge in [-0.25, -0.2) is 19.7 Å². The minimum Gasteiger partial charge on any atom is -0.381 e. The van der Waals surface area contributed by atoms with Crippen LogP contribution in [0.15, 0.2) is 30.7 Å². The molecular formula is C29H37N9O3. The minimum atomic E-state index is -1.42. The highest BCUT2D eigenvalue weighted by atomic mass is 16.3. The van der Waals surface area contributed by atoms with E-state index in [1.807, 2.05) is 35.6 Å². The third-order valence-corrected chi connectivity index (χ3v) is 8.30. The Balaban J connectivity index is 1.31. The van der Waals surface area contributed by atoms with Crippen LogP contribution in [0.4, 0.5) is 16.4 Å². The molecule has 0 aromatic carbocycles. The highest BCUT2D eigenvalue weighted by molar-refractivity contribution is 6.04. The molecule has 0 saturated carbocycles. The Morgan fingerprint density at radius 3 is 2.29 bits per heavy atom. The minimum absolute atomic E-state index is 0.0932. The summed E-state index contributed by atoms with van der Waals surface area (Å²) in [5, 5.41) is 10.2. The number of carbonyl (C=O) groups excluding carboxylic acids is 2. The number of rotatable bonds is 4. The molecule has 0 radical (unpaired) electrons. The van der Waals surface area contributed by atoms with Gasteiger partial charge in [-0.3, -0.25) is 14.7 Å². The first-order valence-corrected chi connectivity index (χ1v) is 14.2. The van der Waals surface area contributed by atoms with Crippen LogP contribution in [0, 0.1) is 0 Å². The molecule has 3 amide bonds. The maximum Gasteiger partial charge on any atom is 0.324 e. The van der Waals surface area contributed by atoms with Crippen LogP contribution in [0.3, 0.4) is 0 Å². The summed E-state index contributed by atoms with van der Waals surface area (Å²) < 4.78 is 0. The van der Waals surface area contributed by atoms with E-state index in [0.29, 0.717) is 43.5 Å². The van der Waals surface area contributed by atoms with Crippen molar-refractivity contribution in [1.29, 1.82) is 0 Å². The quantitative estimate of drug-likeness (QED) is 0.511. The maximum atomic E-state index is 13.6. The molecule has 41 heavy (non-hydrogen) atoms. The number of hydrogen-bond donors (Lipinski definition) is 1. The van der Waals surface area contributed by atoms with Crippen LogP contribution in [-0.4, -0.2) is 117 Å². The first-order chi connectivity index (χ1) is 19.6. The molecule has 3 aliphatic rings. The third kappa shape index (κ3) is 5.17. The van der Waals surface area contributed by atoms with Crippen LogP contribution < -0.4 is 9.80 Å². The van der Waals surface area contributed by atoms with Crippen molar-refractivity contribution in [3.63, 3.8) is 0 Å². The summed E-state index contributed by atoms with van der Waals surface area (Å²) in [6, 6.07) is 3.64. The second kappa shape index (κ2) is 10.5. The second-order valence-corrected chi connectivity index (χ2v) is 11.8. The van der Waals surface area contributed by atoms with Gasteiger partial charge in [0.05, 0.1) is 23.4 Å². The fourth-order valence-electron chi connectivity index (χ4n) is 5.92. The Bertz CT molecular complexity index is 1460. The molecule has 216 valence electrons. The van der Waals surface area contributed by atoms with E-state index in [1.165, 1.54) is 13.8 Å². The number of carbonyl (C=O) groups is 2. The van der Waals surface area contributed by atoms with E-state index in [0.717, 1.165) is 54.6 Å². The lowest BCUT2D eigenvalue weighted by Gasteiger charge is -2.43. The molecule has 12 heteroatoms. The predicted octanol–water partition coefficient (Wildman–Crippen LogP) is 1.97. The van der Waals surface area contributed by atoms with E-state index < -0.39 is 5.60 Å². The molecule has 3 aromatic heterocycles. The molecule has 6 heterocycles. The van der Waals surface area contributed by atoms with Gasteiger partial charge in [0.25, 0.3) is 5.91 Å². The van der Waals surface area contributed by atoms with Crippen molar-refractivity contribution in [3.05, 3.63) is 36.3 Å². The van der Waals surface area contributed by atoms with Gasteiger partial charge in [0.15, 0.2) is 0 Å². The first-order valence-electron chi connectivity index (χ1n) is 14.2. The Morgan fingerprint density at radius 1 is 0.951 bits per heavy atom. The van der Waals surface area contributed by atoms with Crippen LogP contribution in [0.5, 0.6) is 0 Å². The van der Waals surface area contributed by atoms with Crippen LogP contribution >= 0.6 is 0 Å². The van der Waals surface area contributed by atoms with E-state index >= 15 is 0 Å². The molecule has 3 aliphatic heterocycles. The fraction of sp³-hybridized carbons (Fsp3) is 0.517. The number of nitrogens with zero attached hydrogens (tertiary/aromatic N) is 9. The van der Waals surface area contributed by atoms with Crippen molar-refractivity contribution in [2.24, 2.45) is 0 Å². The highest BCUT2D eigenvalue weighted by Gasteiger charge is 2.39. The zero-order valence-electron chi connectivity index (χ0n) is 24.1. The van der Waals surface area contributed by atoms with Gasteiger partial charge >= 0.3 is 6.03 Å². The van der Waals surface area contributed by atoms with E-state index in [1.54, 1.807) is 16.8 Å². The van der Waals surface area contributed by atoms with E-state index in [9.17, 15) is 14.7 Å². The van der Waals surface area contributed by atoms with Crippen LogP contribution in [0.2, 0.25) is 0 Å². The Kier molecular flexibility index (Phi) is 6.98. The molecule has 1 N–H and O–H groups in total. The van der Waals surface area contributed by atoms with Crippen LogP contribution in [0.25, 0.3) is 22.3 Å². The van der Waals surface area contributed by atoms with Gasteiger partial charge in [0, 0.05) is 82.1 Å². The second-order valence-electron chi connectivity index (χ2n) is 11.8. The van der Waals surface area contributed by atoms with Crippen molar-refractivity contribution >= 4 is 34.6 Å². The molecule has 0 atom stereocenters. The fourth-order valence-corrected chi connectivity index (χ4v) is 5.92. The Morgan fingerprint density at radius 2 is 1.63 bits per heavy atom. The Hall–Kier alpha value is -3.90. The number of likely N-dealkylation sites (tertiary alicyclic amines) is 1. The number of aliphatic hydroxyl groups is 1. The van der Waals surface area contributed by atoms with Crippen molar-refractivity contribution in [1.82, 2.24) is 34.6 Å². The third-order valence-electron chi connectivity index (χ3n) is 8.30. The molecule has 2 saturated heterocycles. The molecule has 0 aliphatic carbocycles. The number of piperazine rings is 1. The van der Waals surface area contributed by atoms with Crippen molar-refractivity contribution in [2.45, 2.75) is 44.9 Å². The average molecular weight is 560 g/mol. The van der Waals surface area contributed by atoms with Crippen molar-refractivity contribution in [2.75, 3.05) is 63.2 Å². The van der Waals surface area contributed by atoms with Gasteiger partial charge < -0.3 is 24.7 Å². The number of hydrogen-bond acceptors (Lipinski definition) is 9. The summed E-state index contributed by atoms with van der Waals surface area (Å²) in [7, 11) is 3.91. The Labute approximate surface area is 239 Å². The van der Waals surface area contributed by atoms with Crippen LogP contribution in [-0.2, 0) is 11.3 Å². The summed E-state index contributed by atoms with van der Waals surface area (Å²) >= 11 is 0. The van der Waals surface area contributed by atoms with Gasteiger partial charge in [0.1, 0.15) is 11.1 Å². The lowest BCUT2D eigenvalue weighted by Crippen LogP contribution is -2.56. The van der Waals surface area contributed by atoms with Crippen molar-refractivity contribution in [3.8, 4) is 11.3 Å². The van der Waals surface area contributed by atoms with Crippen LogP contribution in [0.1, 0.15) is 32.3 Å². The predicted molar refractivity (Wildman–Crippen MR) is 156 cm³/mol. The number of pyridine rings is 2. The number of piperidine rings is 1. The SMILES string of the molecule is CN1CCN(c2ncc(-c3ccc4ncc5c(c4n3)N(C3CCN(C(=O)C(C)(C)O)CC3)C(=O)N(C)C5)cn2)CC1. The van der Waals surface area contributed by atoms with Gasteiger partial charge in [-0.1, -0.05) is 0 Å². The maximum absolute atomic E-state index is 13.6.